The molecule has 7 heteroatoms. The molecule has 0 radical (unpaired) electrons. The molecule has 2 atom stereocenters. The molecule has 0 fully saturated rings. The summed E-state index contributed by atoms with van der Waals surface area (Å²) in [6, 6.07) is 1.73. The molecule has 0 unspecified atom stereocenters. The zero-order valence-electron chi connectivity index (χ0n) is 11.9. The van der Waals surface area contributed by atoms with Crippen LogP contribution in [0.15, 0.2) is 34.7 Å². The molecule has 6 nitrogen and oxygen atoms in total. The van der Waals surface area contributed by atoms with E-state index in [0.29, 0.717) is 11.9 Å². The first-order valence-electron chi connectivity index (χ1n) is 7.18. The number of rotatable bonds is 5. The van der Waals surface area contributed by atoms with E-state index in [1.54, 1.807) is 6.07 Å². The molecule has 1 aliphatic carbocycles. The number of carbonyl (C=O) groups is 1. The fourth-order valence-corrected chi connectivity index (χ4v) is 3.29. The average Bonchev–Trinajstić information content (AvgIpc) is 3.15. The van der Waals surface area contributed by atoms with Gasteiger partial charge in [0.15, 0.2) is 0 Å². The second kappa shape index (κ2) is 6.41. The third-order valence-corrected chi connectivity index (χ3v) is 4.60. The zero-order valence-corrected chi connectivity index (χ0v) is 12.8. The number of thiophene rings is 1. The summed E-state index contributed by atoms with van der Waals surface area (Å²) in [7, 11) is 0. The fourth-order valence-electron chi connectivity index (χ4n) is 2.57. The maximum Gasteiger partial charge on any atom is 0.262 e. The molecule has 2 N–H and O–H groups in total. The highest BCUT2D eigenvalue weighted by Crippen LogP contribution is 2.17. The van der Waals surface area contributed by atoms with E-state index >= 15 is 0 Å². The Labute approximate surface area is 131 Å². The number of amides is 1. The summed E-state index contributed by atoms with van der Waals surface area (Å²) in [5.74, 6) is 0.0173. The van der Waals surface area contributed by atoms with Crippen molar-refractivity contribution in [2.45, 2.75) is 25.4 Å². The third kappa shape index (κ3) is 3.10. The topological polar surface area (TPSA) is 84.2 Å². The lowest BCUT2D eigenvalue weighted by molar-refractivity contribution is -0.121. The largest absolute Gasteiger partial charge is 0.396 e. The van der Waals surface area contributed by atoms with Crippen LogP contribution in [0.25, 0.3) is 10.2 Å². The fraction of sp³-hybridized carbons (Fsp3) is 0.400. The summed E-state index contributed by atoms with van der Waals surface area (Å²) in [6.07, 6.45) is 6.27. The lowest BCUT2D eigenvalue weighted by Gasteiger charge is -2.13. The number of aliphatic hydroxyl groups is 1. The molecule has 22 heavy (non-hydrogen) atoms. The molecule has 0 aliphatic heterocycles. The average molecular weight is 319 g/mol. The lowest BCUT2D eigenvalue weighted by atomic mass is 10.1. The Morgan fingerprint density at radius 3 is 3.14 bits per heavy atom. The first kappa shape index (κ1) is 14.9. The maximum atomic E-state index is 12.2. The summed E-state index contributed by atoms with van der Waals surface area (Å²) in [6.45, 7) is 0.411. The molecule has 0 saturated carbocycles. The number of aromatic nitrogens is 2. The SMILES string of the molecule is O=C(CCn1cnc2sccc2c1=O)N[C@@H]1C=C[C@H](CO)C1. The van der Waals surface area contributed by atoms with Crippen LogP contribution in [0.1, 0.15) is 12.8 Å². The minimum absolute atomic E-state index is 0.0288. The lowest BCUT2D eigenvalue weighted by Crippen LogP contribution is -2.34. The van der Waals surface area contributed by atoms with Gasteiger partial charge in [-0.05, 0) is 17.9 Å². The molecule has 116 valence electrons. The van der Waals surface area contributed by atoms with Crippen molar-refractivity contribution < 1.29 is 9.90 Å². The van der Waals surface area contributed by atoms with Gasteiger partial charge in [0.05, 0.1) is 11.7 Å². The summed E-state index contributed by atoms with van der Waals surface area (Å²) >= 11 is 1.43. The molecular formula is C15H17N3O3S. The van der Waals surface area contributed by atoms with E-state index < -0.39 is 0 Å². The minimum Gasteiger partial charge on any atom is -0.396 e. The molecule has 2 aromatic rings. The van der Waals surface area contributed by atoms with Crippen LogP contribution >= 0.6 is 11.3 Å². The number of nitrogens with zero attached hydrogens (tertiary/aromatic N) is 2. The van der Waals surface area contributed by atoms with Crippen molar-refractivity contribution in [1.82, 2.24) is 14.9 Å². The minimum atomic E-state index is -0.111. The Bertz CT molecular complexity index is 765. The Morgan fingerprint density at radius 1 is 1.50 bits per heavy atom. The number of hydrogen-bond donors (Lipinski definition) is 2. The van der Waals surface area contributed by atoms with E-state index in [1.807, 2.05) is 17.5 Å². The molecule has 3 rings (SSSR count). The summed E-state index contributed by atoms with van der Waals surface area (Å²) in [5, 5.41) is 14.4. The number of hydrogen-bond acceptors (Lipinski definition) is 5. The Hall–Kier alpha value is -1.99. The highest BCUT2D eigenvalue weighted by atomic mass is 32.1. The van der Waals surface area contributed by atoms with Gasteiger partial charge in [-0.25, -0.2) is 4.98 Å². The quantitative estimate of drug-likeness (QED) is 0.802. The van der Waals surface area contributed by atoms with Crippen molar-refractivity contribution in [3.63, 3.8) is 0 Å². The van der Waals surface area contributed by atoms with Gasteiger partial charge in [0.25, 0.3) is 5.56 Å². The Balaban J connectivity index is 1.57. The molecule has 0 saturated heterocycles. The normalized spacial score (nSPS) is 20.6. The van der Waals surface area contributed by atoms with E-state index in [9.17, 15) is 9.59 Å². The molecular weight excluding hydrogens is 302 g/mol. The number of aliphatic hydroxyl groups excluding tert-OH is 1. The molecule has 1 aliphatic rings. The van der Waals surface area contributed by atoms with Crippen molar-refractivity contribution >= 4 is 27.5 Å². The van der Waals surface area contributed by atoms with Crippen LogP contribution < -0.4 is 10.9 Å². The monoisotopic (exact) mass is 319 g/mol. The Kier molecular flexibility index (Phi) is 4.35. The number of fused-ring (bicyclic) bond motifs is 1. The van der Waals surface area contributed by atoms with Crippen LogP contribution in [0.3, 0.4) is 0 Å². The van der Waals surface area contributed by atoms with Crippen molar-refractivity contribution in [2.75, 3.05) is 6.61 Å². The highest BCUT2D eigenvalue weighted by Gasteiger charge is 2.19. The second-order valence-electron chi connectivity index (χ2n) is 5.37. The smallest absolute Gasteiger partial charge is 0.262 e. The number of carbonyl (C=O) groups excluding carboxylic acids is 1. The van der Waals surface area contributed by atoms with Gasteiger partial charge in [0, 0.05) is 31.5 Å². The van der Waals surface area contributed by atoms with Crippen molar-refractivity contribution in [3.05, 3.63) is 40.3 Å². The van der Waals surface area contributed by atoms with Gasteiger partial charge < -0.3 is 10.4 Å². The van der Waals surface area contributed by atoms with E-state index in [0.717, 1.165) is 11.3 Å². The van der Waals surface area contributed by atoms with Crippen LogP contribution in [0, 0.1) is 5.92 Å². The predicted octanol–water partition coefficient (Wildman–Crippen LogP) is 0.901. The first-order valence-corrected chi connectivity index (χ1v) is 8.06. The molecule has 1 amide bonds. The van der Waals surface area contributed by atoms with Crippen LogP contribution in [0.4, 0.5) is 0 Å². The zero-order chi connectivity index (χ0) is 15.5. The van der Waals surface area contributed by atoms with E-state index in [4.69, 9.17) is 5.11 Å². The Morgan fingerprint density at radius 2 is 2.36 bits per heavy atom. The van der Waals surface area contributed by atoms with E-state index in [-0.39, 0.29) is 36.5 Å². The van der Waals surface area contributed by atoms with E-state index in [1.165, 1.54) is 22.2 Å². The van der Waals surface area contributed by atoms with Gasteiger partial charge >= 0.3 is 0 Å². The summed E-state index contributed by atoms with van der Waals surface area (Å²) in [5.41, 5.74) is -0.111. The highest BCUT2D eigenvalue weighted by molar-refractivity contribution is 7.16. The van der Waals surface area contributed by atoms with Gasteiger partial charge in [-0.15, -0.1) is 11.3 Å². The standard InChI is InChI=1S/C15H17N3O3S/c19-8-10-1-2-11(7-10)17-13(20)3-5-18-9-16-14-12(15(18)21)4-6-22-14/h1-2,4,6,9-11,19H,3,5,7-8H2,(H,17,20)/t10-,11+/m0/s1. The van der Waals surface area contributed by atoms with E-state index in [2.05, 4.69) is 10.3 Å². The number of aryl methyl sites for hydroxylation is 1. The molecule has 0 bridgehead atoms. The summed E-state index contributed by atoms with van der Waals surface area (Å²) in [4.78, 5) is 29.1. The van der Waals surface area contributed by atoms with Crippen molar-refractivity contribution in [3.8, 4) is 0 Å². The van der Waals surface area contributed by atoms with Gasteiger partial charge in [-0.2, -0.15) is 0 Å². The predicted molar refractivity (Wildman–Crippen MR) is 84.8 cm³/mol. The van der Waals surface area contributed by atoms with Crippen LogP contribution in [-0.4, -0.2) is 33.2 Å². The van der Waals surface area contributed by atoms with Crippen molar-refractivity contribution in [2.24, 2.45) is 5.92 Å². The van der Waals surface area contributed by atoms with Crippen LogP contribution in [0.2, 0.25) is 0 Å². The summed E-state index contributed by atoms with van der Waals surface area (Å²) < 4.78 is 1.47. The second-order valence-corrected chi connectivity index (χ2v) is 6.26. The number of nitrogens with one attached hydrogen (secondary N) is 1. The van der Waals surface area contributed by atoms with Gasteiger partial charge in [0.2, 0.25) is 5.91 Å². The molecule has 0 aromatic carbocycles. The first-order chi connectivity index (χ1) is 10.7. The van der Waals surface area contributed by atoms with Gasteiger partial charge in [-0.1, -0.05) is 12.2 Å². The van der Waals surface area contributed by atoms with Gasteiger partial charge in [-0.3, -0.25) is 14.2 Å². The molecule has 0 spiro atoms. The molecule has 2 aromatic heterocycles. The van der Waals surface area contributed by atoms with Gasteiger partial charge in [0.1, 0.15) is 4.83 Å². The van der Waals surface area contributed by atoms with Crippen molar-refractivity contribution in [1.29, 1.82) is 0 Å². The third-order valence-electron chi connectivity index (χ3n) is 3.78. The van der Waals surface area contributed by atoms with Crippen LogP contribution in [0.5, 0.6) is 0 Å². The molecule has 2 heterocycles. The maximum absolute atomic E-state index is 12.2. The van der Waals surface area contributed by atoms with Crippen LogP contribution in [-0.2, 0) is 11.3 Å².